The first kappa shape index (κ1) is 10.1. The first-order chi connectivity index (χ1) is 7.60. The van der Waals surface area contributed by atoms with Gasteiger partial charge in [0.15, 0.2) is 0 Å². The number of hydrogen-bond acceptors (Lipinski definition) is 3. The van der Waals surface area contributed by atoms with Crippen molar-refractivity contribution >= 4 is 12.1 Å². The average Bonchev–Trinajstić information content (AvgIpc) is 2.87. The molecular weight excluding hydrogens is 202 g/mol. The molecule has 2 atom stereocenters. The maximum absolute atomic E-state index is 12.5. The van der Waals surface area contributed by atoms with Crippen LogP contribution in [0.15, 0.2) is 5.10 Å². The number of rotatable bonds is 1. The Kier molecular flexibility index (Phi) is 1.89. The van der Waals surface area contributed by atoms with Gasteiger partial charge in [0.2, 0.25) is 5.91 Å². The van der Waals surface area contributed by atoms with Gasteiger partial charge >= 0.3 is 0 Å². The zero-order valence-corrected chi connectivity index (χ0v) is 10.1. The van der Waals surface area contributed by atoms with E-state index in [1.165, 1.54) is 6.42 Å². The minimum Gasteiger partial charge on any atom is -0.342 e. The van der Waals surface area contributed by atoms with E-state index in [2.05, 4.69) is 12.0 Å². The number of likely N-dealkylation sites (tertiary alicyclic amines) is 1. The average molecular weight is 221 g/mol. The van der Waals surface area contributed by atoms with Crippen molar-refractivity contribution in [3.05, 3.63) is 0 Å². The summed E-state index contributed by atoms with van der Waals surface area (Å²) in [6.45, 7) is 4.02. The van der Waals surface area contributed by atoms with E-state index in [9.17, 15) is 4.79 Å². The zero-order chi connectivity index (χ0) is 11.4. The van der Waals surface area contributed by atoms with Gasteiger partial charge in [0.1, 0.15) is 5.41 Å². The number of amides is 1. The predicted octanol–water partition coefficient (Wildman–Crippen LogP) is 1.08. The number of hydrazone groups is 1. The number of fused-ring (bicyclic) bond motifs is 1. The van der Waals surface area contributed by atoms with Crippen LogP contribution < -0.4 is 0 Å². The maximum Gasteiger partial charge on any atom is 0.236 e. The van der Waals surface area contributed by atoms with Gasteiger partial charge in [-0.05, 0) is 32.6 Å². The summed E-state index contributed by atoms with van der Waals surface area (Å²) in [6.07, 6.45) is 6.40. The summed E-state index contributed by atoms with van der Waals surface area (Å²) >= 11 is 0. The molecule has 1 saturated carbocycles. The number of piperidine rings is 1. The van der Waals surface area contributed by atoms with E-state index in [0.29, 0.717) is 5.91 Å². The van der Waals surface area contributed by atoms with Crippen molar-refractivity contribution in [3.63, 3.8) is 0 Å². The topological polar surface area (TPSA) is 35.9 Å². The van der Waals surface area contributed by atoms with E-state index in [-0.39, 0.29) is 11.0 Å². The lowest BCUT2D eigenvalue weighted by Crippen LogP contribution is -2.44. The van der Waals surface area contributed by atoms with Gasteiger partial charge in [-0.15, -0.1) is 0 Å². The number of nitrogens with zero attached hydrogens (tertiary/aromatic N) is 3. The summed E-state index contributed by atoms with van der Waals surface area (Å²) in [5.41, 5.74) is -0.333. The fourth-order valence-electron chi connectivity index (χ4n) is 3.14. The summed E-state index contributed by atoms with van der Waals surface area (Å²) in [7, 11) is 1.97. The smallest absolute Gasteiger partial charge is 0.236 e. The van der Waals surface area contributed by atoms with Crippen LogP contribution in [0.3, 0.4) is 0 Å². The van der Waals surface area contributed by atoms with Crippen molar-refractivity contribution in [3.8, 4) is 0 Å². The molecule has 2 heterocycles. The van der Waals surface area contributed by atoms with E-state index in [0.717, 1.165) is 32.4 Å². The standard InChI is InChI=1S/C12H19N3O/c1-11-8-12(11,9-13-14(11)2)10(16)15-6-4-3-5-7-15/h9H,3-8H2,1-2H3. The number of carbonyl (C=O) groups excluding carboxylic acids is 1. The van der Waals surface area contributed by atoms with Crippen molar-refractivity contribution < 1.29 is 4.79 Å². The Morgan fingerprint density at radius 2 is 2.00 bits per heavy atom. The van der Waals surface area contributed by atoms with Crippen LogP contribution >= 0.6 is 0 Å². The van der Waals surface area contributed by atoms with Crippen molar-refractivity contribution in [2.45, 2.75) is 38.1 Å². The van der Waals surface area contributed by atoms with E-state index in [1.54, 1.807) is 0 Å². The van der Waals surface area contributed by atoms with Crippen LogP contribution in [0.25, 0.3) is 0 Å². The molecule has 88 valence electrons. The van der Waals surface area contributed by atoms with Gasteiger partial charge in [-0.2, -0.15) is 5.10 Å². The third-order valence-electron chi connectivity index (χ3n) is 4.65. The summed E-state index contributed by atoms with van der Waals surface area (Å²) in [6, 6.07) is 0. The Hall–Kier alpha value is -1.06. The van der Waals surface area contributed by atoms with Gasteiger partial charge < -0.3 is 4.90 Å². The van der Waals surface area contributed by atoms with Crippen molar-refractivity contribution in [2.24, 2.45) is 10.5 Å². The molecule has 3 rings (SSSR count). The predicted molar refractivity (Wildman–Crippen MR) is 62.1 cm³/mol. The Morgan fingerprint density at radius 1 is 1.31 bits per heavy atom. The molecule has 16 heavy (non-hydrogen) atoms. The SMILES string of the molecule is CN1N=CC2(C(=O)N3CCCCC3)CC12C. The molecule has 0 spiro atoms. The highest BCUT2D eigenvalue weighted by Gasteiger charge is 2.74. The molecule has 0 N–H and O–H groups in total. The largest absolute Gasteiger partial charge is 0.342 e. The quantitative estimate of drug-likeness (QED) is 0.664. The monoisotopic (exact) mass is 221 g/mol. The summed E-state index contributed by atoms with van der Waals surface area (Å²) in [5.74, 6) is 0.308. The first-order valence-electron chi connectivity index (χ1n) is 6.18. The molecule has 0 aromatic rings. The fraction of sp³-hybridized carbons (Fsp3) is 0.833. The van der Waals surface area contributed by atoms with Gasteiger partial charge in [0.05, 0.1) is 5.54 Å². The third-order valence-corrected chi connectivity index (χ3v) is 4.65. The maximum atomic E-state index is 12.5. The normalized spacial score (nSPS) is 41.1. The highest BCUT2D eigenvalue weighted by molar-refractivity contribution is 6.05. The van der Waals surface area contributed by atoms with Gasteiger partial charge in [-0.25, -0.2) is 0 Å². The third kappa shape index (κ3) is 1.05. The molecule has 2 unspecified atom stereocenters. The minimum absolute atomic E-state index is 0.0401. The van der Waals surface area contributed by atoms with E-state index < -0.39 is 0 Å². The molecule has 0 aromatic carbocycles. The lowest BCUT2D eigenvalue weighted by atomic mass is 9.99. The van der Waals surface area contributed by atoms with Crippen LogP contribution in [0, 0.1) is 5.41 Å². The Morgan fingerprint density at radius 3 is 2.50 bits per heavy atom. The highest BCUT2D eigenvalue weighted by atomic mass is 16.2. The molecule has 1 amide bonds. The lowest BCUT2D eigenvalue weighted by molar-refractivity contribution is -0.136. The van der Waals surface area contributed by atoms with Crippen LogP contribution in [-0.4, -0.2) is 47.7 Å². The molecule has 2 aliphatic heterocycles. The van der Waals surface area contributed by atoms with Crippen LogP contribution in [0.2, 0.25) is 0 Å². The van der Waals surface area contributed by atoms with Crippen LogP contribution in [-0.2, 0) is 4.79 Å². The summed E-state index contributed by atoms with van der Waals surface area (Å²) < 4.78 is 0. The van der Waals surface area contributed by atoms with Gasteiger partial charge in [0, 0.05) is 26.4 Å². The molecule has 2 fully saturated rings. The molecule has 0 radical (unpaired) electrons. The number of hydrogen-bond donors (Lipinski definition) is 0. The molecule has 1 saturated heterocycles. The highest BCUT2D eigenvalue weighted by Crippen LogP contribution is 2.62. The molecule has 0 aromatic heterocycles. The van der Waals surface area contributed by atoms with Crippen molar-refractivity contribution in [2.75, 3.05) is 20.1 Å². The molecule has 4 heteroatoms. The lowest BCUT2D eigenvalue weighted by Gasteiger charge is -2.30. The van der Waals surface area contributed by atoms with E-state index in [1.807, 2.05) is 23.2 Å². The molecular formula is C12H19N3O. The second-order valence-electron chi connectivity index (χ2n) is 5.54. The van der Waals surface area contributed by atoms with Crippen LogP contribution in [0.1, 0.15) is 32.6 Å². The minimum atomic E-state index is -0.293. The molecule has 0 bridgehead atoms. The van der Waals surface area contributed by atoms with E-state index >= 15 is 0 Å². The second-order valence-corrected chi connectivity index (χ2v) is 5.54. The van der Waals surface area contributed by atoms with Crippen molar-refractivity contribution in [1.82, 2.24) is 9.91 Å². The molecule has 1 aliphatic carbocycles. The Labute approximate surface area is 96.3 Å². The van der Waals surface area contributed by atoms with Gasteiger partial charge in [-0.1, -0.05) is 0 Å². The van der Waals surface area contributed by atoms with E-state index in [4.69, 9.17) is 0 Å². The van der Waals surface area contributed by atoms with Gasteiger partial charge in [0.25, 0.3) is 0 Å². The van der Waals surface area contributed by atoms with Crippen LogP contribution in [0.4, 0.5) is 0 Å². The molecule has 3 aliphatic rings. The summed E-state index contributed by atoms with van der Waals surface area (Å²) in [5, 5.41) is 6.24. The Balaban J connectivity index is 1.79. The van der Waals surface area contributed by atoms with Gasteiger partial charge in [-0.3, -0.25) is 9.80 Å². The number of carbonyl (C=O) groups is 1. The van der Waals surface area contributed by atoms with Crippen molar-refractivity contribution in [1.29, 1.82) is 0 Å². The zero-order valence-electron chi connectivity index (χ0n) is 10.1. The summed E-state index contributed by atoms with van der Waals surface area (Å²) in [4.78, 5) is 14.6. The fourth-order valence-corrected chi connectivity index (χ4v) is 3.14. The molecule has 4 nitrogen and oxygen atoms in total. The van der Waals surface area contributed by atoms with Crippen LogP contribution in [0.5, 0.6) is 0 Å². The second kappa shape index (κ2) is 2.99. The first-order valence-corrected chi connectivity index (χ1v) is 6.18. The Bertz CT molecular complexity index is 361.